The van der Waals surface area contributed by atoms with E-state index in [0.29, 0.717) is 46.6 Å². The Hall–Kier alpha value is -6.29. The van der Waals surface area contributed by atoms with Gasteiger partial charge in [0.2, 0.25) is 0 Å². The number of benzene rings is 4. The fourth-order valence-corrected chi connectivity index (χ4v) is 7.73. The van der Waals surface area contributed by atoms with Crippen LogP contribution >= 0.6 is 23.2 Å². The number of hydrogen-bond acceptors (Lipinski definition) is 5. The highest BCUT2D eigenvalue weighted by Crippen LogP contribution is 2.35. The third kappa shape index (κ3) is 26.9. The van der Waals surface area contributed by atoms with Crippen molar-refractivity contribution in [2.75, 3.05) is 7.11 Å². The lowest BCUT2D eigenvalue weighted by molar-refractivity contribution is -0.139. The summed E-state index contributed by atoms with van der Waals surface area (Å²) < 4.78 is 92.8. The van der Waals surface area contributed by atoms with Crippen LogP contribution in [0.5, 0.6) is 5.75 Å². The van der Waals surface area contributed by atoms with Gasteiger partial charge >= 0.3 is 12.4 Å². The van der Waals surface area contributed by atoms with E-state index in [1.165, 1.54) is 66.1 Å². The number of nitrogens with zero attached hydrogens (tertiary/aromatic N) is 4. The van der Waals surface area contributed by atoms with Gasteiger partial charge in [-0.25, -0.2) is 9.37 Å². The van der Waals surface area contributed by atoms with E-state index in [-0.39, 0.29) is 28.9 Å². The van der Waals surface area contributed by atoms with Crippen molar-refractivity contribution in [2.24, 2.45) is 0 Å². The number of nitriles is 1. The van der Waals surface area contributed by atoms with Crippen LogP contribution in [0.4, 0.5) is 30.7 Å². The Kier molecular flexibility index (Phi) is 32.5. The lowest BCUT2D eigenvalue weighted by atomic mass is 9.98. The Morgan fingerprint density at radius 3 is 1.15 bits per heavy atom. The largest absolute Gasteiger partial charge is 0.494 e. The standard InChI is InChI=1S/C11H13F3.C11H16.C10H13Cl.C10H12F3N.C10H13F.C10H12N2O.C9H12ClN/c1-7(2)9-5-4-8(3)10(6-9)11(12,13)14;1-8(2)11-6-5-9(3)10(4)7-11;1-7(2)9-5-4-8(3)10(11)6-9;1-6(2)8-4-9(10(11,12)13)7(3)14-5-8;1-7(2)9-5-4-8(3)10(11)6-9;1-7(2)8-4-10(13-3)9(5-11)12-6-8;1-6(2)8-4-9(10)7(3)11-5-8/h4-7H,1-3H3;5-8H,1-4H3;4-7H,1-3H3;4-6H,1-3H3;4-7H,1-3H3;4,6-7H,1-3H3;4-6H,1-3H3. The summed E-state index contributed by atoms with van der Waals surface area (Å²) in [5.74, 6) is 3.15. The van der Waals surface area contributed by atoms with E-state index in [1.54, 1.807) is 32.4 Å². The lowest BCUT2D eigenvalue weighted by Gasteiger charge is -2.13. The molecule has 5 nitrogen and oxygen atoms in total. The lowest BCUT2D eigenvalue weighted by Crippen LogP contribution is -2.10. The van der Waals surface area contributed by atoms with Crippen LogP contribution < -0.4 is 4.74 Å². The van der Waals surface area contributed by atoms with Gasteiger partial charge in [-0.3, -0.25) is 9.97 Å². The molecule has 7 rings (SSSR count). The normalized spacial score (nSPS) is 11.0. The second-order valence-electron chi connectivity index (χ2n) is 23.2. The molecule has 3 heterocycles. The molecule has 3 aromatic heterocycles. The average Bonchev–Trinajstić information content (AvgIpc) is 3.55. The van der Waals surface area contributed by atoms with Crippen LogP contribution in [0.1, 0.15) is 233 Å². The quantitative estimate of drug-likeness (QED) is 0.142. The summed E-state index contributed by atoms with van der Waals surface area (Å²) in [5.41, 5.74) is 12.5. The molecule has 7 aromatic rings. The van der Waals surface area contributed by atoms with Crippen molar-refractivity contribution in [1.29, 1.82) is 5.26 Å². The molecule has 0 saturated heterocycles. The van der Waals surface area contributed by atoms with E-state index >= 15 is 0 Å². The van der Waals surface area contributed by atoms with Crippen molar-refractivity contribution in [3.05, 3.63) is 220 Å². The fourth-order valence-electron chi connectivity index (χ4n) is 7.37. The second kappa shape index (κ2) is 36.0. The van der Waals surface area contributed by atoms with E-state index in [9.17, 15) is 30.7 Å². The highest BCUT2D eigenvalue weighted by molar-refractivity contribution is 6.31. The molecular weight excluding hydrogens is 1130 g/mol. The molecule has 0 aliphatic rings. The number of pyridine rings is 3. The van der Waals surface area contributed by atoms with Crippen molar-refractivity contribution in [1.82, 2.24) is 15.0 Å². The van der Waals surface area contributed by atoms with Gasteiger partial charge in [-0.05, 0) is 193 Å². The monoisotopic (exact) mass is 1220 g/mol. The van der Waals surface area contributed by atoms with Crippen LogP contribution in [0.2, 0.25) is 10.0 Å². The Balaban J connectivity index is 0.000000497. The minimum Gasteiger partial charge on any atom is -0.494 e. The van der Waals surface area contributed by atoms with Gasteiger partial charge in [0.25, 0.3) is 0 Å². The first kappa shape index (κ1) is 76.7. The number of hydrogen-bond donors (Lipinski definition) is 0. The Labute approximate surface area is 514 Å². The zero-order valence-electron chi connectivity index (χ0n) is 54.0. The molecule has 0 aliphatic heterocycles. The second-order valence-corrected chi connectivity index (χ2v) is 24.0. The van der Waals surface area contributed by atoms with Gasteiger partial charge < -0.3 is 4.74 Å². The third-order valence-corrected chi connectivity index (χ3v) is 14.6. The molecule has 0 amide bonds. The summed E-state index contributed by atoms with van der Waals surface area (Å²) in [5, 5.41) is 10.3. The molecule has 0 atom stereocenters. The van der Waals surface area contributed by atoms with Crippen molar-refractivity contribution in [3.63, 3.8) is 0 Å². The van der Waals surface area contributed by atoms with E-state index < -0.39 is 23.5 Å². The topological polar surface area (TPSA) is 71.7 Å². The summed E-state index contributed by atoms with van der Waals surface area (Å²) in [7, 11) is 1.54. The van der Waals surface area contributed by atoms with Crippen molar-refractivity contribution in [3.8, 4) is 11.8 Å². The number of methoxy groups -OCH3 is 1. The number of rotatable bonds is 8. The SMILES string of the molecule is COc1cc(C(C)C)cnc1C#N.Cc1ccc(C(C)C)cc1C.Cc1ccc(C(C)C)cc1C(F)(F)F.Cc1ccc(C(C)C)cc1Cl.Cc1ccc(C(C)C)cc1F.Cc1ncc(C(C)C)cc1C(F)(F)F.Cc1ncc(C(C)C)cc1Cl. The molecule has 4 aromatic carbocycles. The van der Waals surface area contributed by atoms with Crippen LogP contribution in [-0.4, -0.2) is 22.1 Å². The summed E-state index contributed by atoms with van der Waals surface area (Å²) in [6, 6.07) is 29.8. The third-order valence-electron chi connectivity index (χ3n) is 13.8. The van der Waals surface area contributed by atoms with Crippen LogP contribution in [0.25, 0.3) is 0 Å². The fraction of sp³-hybridized carbons (Fsp3) is 0.437. The van der Waals surface area contributed by atoms with E-state index in [1.807, 2.05) is 84.1 Å². The number of aryl methyl sites for hydroxylation is 7. The van der Waals surface area contributed by atoms with Gasteiger partial charge in [0.1, 0.15) is 11.9 Å². The van der Waals surface area contributed by atoms with Crippen LogP contribution in [-0.2, 0) is 12.4 Å². The molecule has 464 valence electrons. The average molecular weight is 1220 g/mol. The minimum absolute atomic E-state index is 0.0295. The Morgan fingerprint density at radius 1 is 0.400 bits per heavy atom. The minimum atomic E-state index is -4.30. The molecule has 0 unspecified atom stereocenters. The predicted octanol–water partition coefficient (Wildman–Crippen LogP) is 23.4. The molecule has 0 spiro atoms. The highest BCUT2D eigenvalue weighted by Gasteiger charge is 2.34. The van der Waals surface area contributed by atoms with Crippen molar-refractivity contribution in [2.45, 2.75) is 199 Å². The van der Waals surface area contributed by atoms with Crippen LogP contribution in [0, 0.1) is 65.6 Å². The predicted molar refractivity (Wildman–Crippen MR) is 342 cm³/mol. The molecule has 0 fully saturated rings. The van der Waals surface area contributed by atoms with E-state index in [2.05, 4.69) is 128 Å². The first-order valence-corrected chi connectivity index (χ1v) is 29.4. The molecule has 0 radical (unpaired) electrons. The van der Waals surface area contributed by atoms with Crippen LogP contribution in [0.3, 0.4) is 0 Å². The molecule has 0 bridgehead atoms. The van der Waals surface area contributed by atoms with Crippen molar-refractivity contribution < 1.29 is 35.5 Å². The maximum Gasteiger partial charge on any atom is 0.418 e. The molecule has 14 heteroatoms. The molecule has 0 N–H and O–H groups in total. The van der Waals surface area contributed by atoms with E-state index in [0.717, 1.165) is 43.6 Å². The zero-order chi connectivity index (χ0) is 65.4. The first-order chi connectivity index (χ1) is 39.3. The maximum atomic E-state index is 12.9. The number of ether oxygens (including phenoxy) is 1. The smallest absolute Gasteiger partial charge is 0.418 e. The van der Waals surface area contributed by atoms with Gasteiger partial charge in [0.15, 0.2) is 11.4 Å². The van der Waals surface area contributed by atoms with Crippen molar-refractivity contribution >= 4 is 23.2 Å². The molecule has 0 aliphatic carbocycles. The number of aromatic nitrogens is 3. The van der Waals surface area contributed by atoms with Gasteiger partial charge in [0.05, 0.1) is 29.0 Å². The molecule has 85 heavy (non-hydrogen) atoms. The number of halogens is 9. The summed E-state index contributed by atoms with van der Waals surface area (Å²) in [4.78, 5) is 11.9. The van der Waals surface area contributed by atoms with Gasteiger partial charge in [0, 0.05) is 29.3 Å². The Bertz CT molecular complexity index is 2920. The maximum absolute atomic E-state index is 12.9. The first-order valence-electron chi connectivity index (χ1n) is 28.6. The molecule has 0 saturated carbocycles. The zero-order valence-corrected chi connectivity index (χ0v) is 55.5. The van der Waals surface area contributed by atoms with Gasteiger partial charge in [-0.2, -0.15) is 31.6 Å². The van der Waals surface area contributed by atoms with Crippen LogP contribution in [0.15, 0.2) is 110 Å². The summed E-state index contributed by atoms with van der Waals surface area (Å²) in [6.45, 7) is 41.6. The summed E-state index contributed by atoms with van der Waals surface area (Å²) in [6.07, 6.45) is -3.45. The Morgan fingerprint density at radius 2 is 0.753 bits per heavy atom. The number of alkyl halides is 6. The highest BCUT2D eigenvalue weighted by atomic mass is 35.5. The summed E-state index contributed by atoms with van der Waals surface area (Å²) >= 11 is 11.9. The van der Waals surface area contributed by atoms with E-state index in [4.69, 9.17) is 33.2 Å². The molecular formula is C71H91Cl2F7N4O. The van der Waals surface area contributed by atoms with Gasteiger partial charge in [-0.1, -0.05) is 175 Å². The van der Waals surface area contributed by atoms with Gasteiger partial charge in [-0.15, -0.1) is 0 Å².